The molecule has 0 aliphatic heterocycles. The number of carbonyl (C=O) groups excluding carboxylic acids is 1. The maximum atomic E-state index is 13.8. The Balaban J connectivity index is 1.63. The molecular weight excluding hydrogens is 325 g/mol. The summed E-state index contributed by atoms with van der Waals surface area (Å²) in [6.45, 7) is 3.37. The number of rotatable bonds is 5. The fourth-order valence-corrected chi connectivity index (χ4v) is 2.19. The summed E-state index contributed by atoms with van der Waals surface area (Å²) in [5.41, 5.74) is 1.64. The van der Waals surface area contributed by atoms with Gasteiger partial charge in [-0.05, 0) is 55.8 Å². The lowest BCUT2D eigenvalue weighted by Crippen LogP contribution is -2.30. The van der Waals surface area contributed by atoms with Crippen LogP contribution in [0.2, 0.25) is 0 Å². The van der Waals surface area contributed by atoms with E-state index in [1.165, 1.54) is 18.5 Å². The van der Waals surface area contributed by atoms with Crippen LogP contribution >= 0.6 is 0 Å². The van der Waals surface area contributed by atoms with Gasteiger partial charge in [0.2, 0.25) is 12.3 Å². The van der Waals surface area contributed by atoms with Crippen LogP contribution in [0.25, 0.3) is 11.5 Å². The molecule has 1 atom stereocenters. The van der Waals surface area contributed by atoms with E-state index < -0.39 is 17.8 Å². The van der Waals surface area contributed by atoms with Crippen molar-refractivity contribution in [2.24, 2.45) is 0 Å². The lowest BCUT2D eigenvalue weighted by atomic mass is 10.2. The number of hydrogen-bond donors (Lipinski definition) is 1. The minimum absolute atomic E-state index is 0.123. The molecule has 0 radical (unpaired) electrons. The van der Waals surface area contributed by atoms with Crippen LogP contribution in [-0.2, 0) is 4.79 Å². The van der Waals surface area contributed by atoms with E-state index in [2.05, 4.69) is 15.5 Å². The number of hydrogen-bond acceptors (Lipinski definition) is 5. The molecule has 2 aromatic carbocycles. The Hall–Kier alpha value is -3.22. The highest BCUT2D eigenvalue weighted by molar-refractivity contribution is 5.94. The van der Waals surface area contributed by atoms with Crippen molar-refractivity contribution in [1.29, 1.82) is 0 Å². The molecule has 0 aliphatic carbocycles. The second-order valence-corrected chi connectivity index (χ2v) is 5.50. The Kier molecular flexibility index (Phi) is 4.74. The molecule has 0 bridgehead atoms. The van der Waals surface area contributed by atoms with Crippen molar-refractivity contribution < 1.29 is 18.3 Å². The second-order valence-electron chi connectivity index (χ2n) is 5.50. The summed E-state index contributed by atoms with van der Waals surface area (Å²) >= 11 is 0. The van der Waals surface area contributed by atoms with Gasteiger partial charge >= 0.3 is 0 Å². The standard InChI is InChI=1S/C18H16FN3O3/c1-11-3-8-16(15(19)9-11)21-17(23)12(2)25-14-6-4-13(5-7-14)18-22-20-10-24-18/h3-10,12H,1-2H3,(H,21,23). The molecule has 1 N–H and O–H groups in total. The third-order valence-corrected chi connectivity index (χ3v) is 3.53. The zero-order chi connectivity index (χ0) is 17.8. The average molecular weight is 341 g/mol. The summed E-state index contributed by atoms with van der Waals surface area (Å²) in [6, 6.07) is 11.5. The first kappa shape index (κ1) is 16.6. The summed E-state index contributed by atoms with van der Waals surface area (Å²) in [6.07, 6.45) is 0.450. The molecule has 1 unspecified atom stereocenters. The fourth-order valence-electron chi connectivity index (χ4n) is 2.19. The van der Waals surface area contributed by atoms with Gasteiger partial charge in [0.25, 0.3) is 5.91 Å². The van der Waals surface area contributed by atoms with Gasteiger partial charge in [0.05, 0.1) is 5.69 Å². The van der Waals surface area contributed by atoms with Crippen LogP contribution in [0.5, 0.6) is 5.75 Å². The molecular formula is C18H16FN3O3. The van der Waals surface area contributed by atoms with Gasteiger partial charge in [0.15, 0.2) is 6.10 Å². The predicted octanol–water partition coefficient (Wildman–Crippen LogP) is 3.59. The van der Waals surface area contributed by atoms with Crippen LogP contribution in [0.3, 0.4) is 0 Å². The molecule has 0 saturated heterocycles. The first-order chi connectivity index (χ1) is 12.0. The van der Waals surface area contributed by atoms with E-state index in [9.17, 15) is 9.18 Å². The normalized spacial score (nSPS) is 11.8. The summed E-state index contributed by atoms with van der Waals surface area (Å²) in [7, 11) is 0. The number of nitrogens with one attached hydrogen (secondary N) is 1. The largest absolute Gasteiger partial charge is 0.481 e. The quantitative estimate of drug-likeness (QED) is 0.767. The first-order valence-electron chi connectivity index (χ1n) is 7.63. The minimum atomic E-state index is -0.796. The van der Waals surface area contributed by atoms with Crippen molar-refractivity contribution in [1.82, 2.24) is 10.2 Å². The Morgan fingerprint density at radius 2 is 2.00 bits per heavy atom. The zero-order valence-electron chi connectivity index (χ0n) is 13.7. The second kappa shape index (κ2) is 7.12. The van der Waals surface area contributed by atoms with E-state index in [-0.39, 0.29) is 5.69 Å². The smallest absolute Gasteiger partial charge is 0.265 e. The van der Waals surface area contributed by atoms with Gasteiger partial charge in [0, 0.05) is 5.56 Å². The molecule has 6 nitrogen and oxygen atoms in total. The zero-order valence-corrected chi connectivity index (χ0v) is 13.7. The van der Waals surface area contributed by atoms with Gasteiger partial charge in [-0.1, -0.05) is 6.07 Å². The van der Waals surface area contributed by atoms with Crippen molar-refractivity contribution >= 4 is 11.6 Å². The van der Waals surface area contributed by atoms with Gasteiger partial charge in [-0.2, -0.15) is 0 Å². The van der Waals surface area contributed by atoms with E-state index in [1.807, 2.05) is 0 Å². The Labute approximate surface area is 143 Å². The number of carbonyl (C=O) groups is 1. The van der Waals surface area contributed by atoms with E-state index in [4.69, 9.17) is 9.15 Å². The van der Waals surface area contributed by atoms with Gasteiger partial charge < -0.3 is 14.5 Å². The summed E-state index contributed by atoms with van der Waals surface area (Å²) in [5.74, 6) is -0.0318. The average Bonchev–Trinajstić information content (AvgIpc) is 3.12. The van der Waals surface area contributed by atoms with Gasteiger partial charge in [-0.15, -0.1) is 10.2 Å². The molecule has 1 heterocycles. The molecule has 3 rings (SSSR count). The van der Waals surface area contributed by atoms with Gasteiger partial charge in [-0.25, -0.2) is 4.39 Å². The SMILES string of the molecule is Cc1ccc(NC(=O)C(C)Oc2ccc(-c3nnco3)cc2)c(F)c1. The number of ether oxygens (including phenoxy) is 1. The lowest BCUT2D eigenvalue weighted by Gasteiger charge is -2.15. The summed E-state index contributed by atoms with van der Waals surface area (Å²) in [4.78, 5) is 12.2. The van der Waals surface area contributed by atoms with Crippen LogP contribution in [0, 0.1) is 12.7 Å². The third-order valence-electron chi connectivity index (χ3n) is 3.53. The maximum Gasteiger partial charge on any atom is 0.265 e. The predicted molar refractivity (Wildman–Crippen MR) is 89.6 cm³/mol. The Bertz CT molecular complexity index is 864. The monoisotopic (exact) mass is 341 g/mol. The highest BCUT2D eigenvalue weighted by Gasteiger charge is 2.16. The molecule has 0 spiro atoms. The maximum absolute atomic E-state index is 13.8. The number of benzene rings is 2. The highest BCUT2D eigenvalue weighted by Crippen LogP contribution is 2.21. The van der Waals surface area contributed by atoms with Gasteiger partial charge in [0.1, 0.15) is 11.6 Å². The summed E-state index contributed by atoms with van der Waals surface area (Å²) in [5, 5.41) is 9.94. The highest BCUT2D eigenvalue weighted by atomic mass is 19.1. The molecule has 0 aliphatic rings. The first-order valence-corrected chi connectivity index (χ1v) is 7.63. The number of nitrogens with zero attached hydrogens (tertiary/aromatic N) is 2. The fraction of sp³-hybridized carbons (Fsp3) is 0.167. The van der Waals surface area contributed by atoms with Gasteiger partial charge in [-0.3, -0.25) is 4.79 Å². The molecule has 1 amide bonds. The molecule has 1 aromatic heterocycles. The molecule has 3 aromatic rings. The number of amides is 1. The molecule has 7 heteroatoms. The molecule has 0 fully saturated rings. The van der Waals surface area contributed by atoms with Crippen LogP contribution < -0.4 is 10.1 Å². The number of aryl methyl sites for hydroxylation is 1. The lowest BCUT2D eigenvalue weighted by molar-refractivity contribution is -0.122. The van der Waals surface area contributed by atoms with Crippen molar-refractivity contribution in [3.8, 4) is 17.2 Å². The Morgan fingerprint density at radius 3 is 2.64 bits per heavy atom. The van der Waals surface area contributed by atoms with Crippen molar-refractivity contribution in [2.45, 2.75) is 20.0 Å². The topological polar surface area (TPSA) is 77.2 Å². The van der Waals surface area contributed by atoms with Crippen LogP contribution in [0.1, 0.15) is 12.5 Å². The van der Waals surface area contributed by atoms with Crippen LogP contribution in [-0.4, -0.2) is 22.2 Å². The number of halogens is 1. The summed E-state index contributed by atoms with van der Waals surface area (Å²) < 4.78 is 24.5. The van der Waals surface area contributed by atoms with Crippen LogP contribution in [0.15, 0.2) is 53.3 Å². The number of aromatic nitrogens is 2. The van der Waals surface area contributed by atoms with E-state index >= 15 is 0 Å². The van der Waals surface area contributed by atoms with E-state index in [1.54, 1.807) is 44.2 Å². The van der Waals surface area contributed by atoms with Crippen molar-refractivity contribution in [2.75, 3.05) is 5.32 Å². The molecule has 128 valence electrons. The van der Waals surface area contributed by atoms with E-state index in [0.29, 0.717) is 11.6 Å². The molecule has 0 saturated carbocycles. The molecule has 25 heavy (non-hydrogen) atoms. The Morgan fingerprint density at radius 1 is 1.24 bits per heavy atom. The van der Waals surface area contributed by atoms with Crippen molar-refractivity contribution in [3.63, 3.8) is 0 Å². The third kappa shape index (κ3) is 4.00. The van der Waals surface area contributed by atoms with E-state index in [0.717, 1.165) is 11.1 Å². The number of anilines is 1. The van der Waals surface area contributed by atoms with Crippen LogP contribution in [0.4, 0.5) is 10.1 Å². The minimum Gasteiger partial charge on any atom is -0.481 e. The van der Waals surface area contributed by atoms with Crippen molar-refractivity contribution in [3.05, 3.63) is 60.2 Å².